The highest BCUT2D eigenvalue weighted by atomic mass is 35.5. The van der Waals surface area contributed by atoms with Crippen molar-refractivity contribution in [3.8, 4) is 0 Å². The number of nitrogens with one attached hydrogen (secondary N) is 1. The van der Waals surface area contributed by atoms with Crippen molar-refractivity contribution >= 4 is 48.3 Å². The highest BCUT2D eigenvalue weighted by molar-refractivity contribution is 6.76. The van der Waals surface area contributed by atoms with Crippen molar-refractivity contribution in [2.75, 3.05) is 11.9 Å². The molecule has 0 aliphatic carbocycles. The molecule has 4 nitrogen and oxygen atoms in total. The van der Waals surface area contributed by atoms with Gasteiger partial charge in [0.1, 0.15) is 6.73 Å². The molecule has 128 valence electrons. The van der Waals surface area contributed by atoms with Crippen LogP contribution in [0.3, 0.4) is 0 Å². The molecule has 7 heteroatoms. The van der Waals surface area contributed by atoms with E-state index in [-0.39, 0.29) is 6.04 Å². The topological polar surface area (TPSA) is 39.1 Å². The Kier molecular flexibility index (Phi) is 6.00. The monoisotopic (exact) mass is 373 g/mol. The van der Waals surface area contributed by atoms with E-state index in [0.717, 1.165) is 29.6 Å². The van der Waals surface area contributed by atoms with Gasteiger partial charge < -0.3 is 10.1 Å². The summed E-state index contributed by atoms with van der Waals surface area (Å²) in [6.45, 7) is 12.4. The minimum absolute atomic E-state index is 0.276. The number of aromatic nitrogens is 2. The maximum absolute atomic E-state index is 6.17. The van der Waals surface area contributed by atoms with Crippen LogP contribution in [-0.4, -0.2) is 30.3 Å². The fourth-order valence-corrected chi connectivity index (χ4v) is 3.23. The molecule has 0 saturated heterocycles. The van der Waals surface area contributed by atoms with Gasteiger partial charge in [-0.2, -0.15) is 0 Å². The molecule has 0 aliphatic rings. The maximum atomic E-state index is 6.17. The van der Waals surface area contributed by atoms with Crippen molar-refractivity contribution in [1.82, 2.24) is 9.55 Å². The van der Waals surface area contributed by atoms with E-state index < -0.39 is 8.07 Å². The Hall–Kier alpha value is -0.753. The molecular weight excluding hydrogens is 349 g/mol. The molecule has 23 heavy (non-hydrogen) atoms. The summed E-state index contributed by atoms with van der Waals surface area (Å²) in [5, 5.41) is 4.39. The van der Waals surface area contributed by atoms with E-state index in [1.807, 2.05) is 10.6 Å². The Morgan fingerprint density at radius 1 is 1.22 bits per heavy atom. The Morgan fingerprint density at radius 2 is 1.87 bits per heavy atom. The largest absolute Gasteiger partial charge is 0.361 e. The third-order valence-corrected chi connectivity index (χ3v) is 5.85. The zero-order valence-electron chi connectivity index (χ0n) is 14.4. The Labute approximate surface area is 149 Å². The lowest BCUT2D eigenvalue weighted by atomic mass is 10.3. The third kappa shape index (κ3) is 5.11. The van der Waals surface area contributed by atoms with Gasteiger partial charge in [-0.25, -0.2) is 4.98 Å². The second-order valence-electron chi connectivity index (χ2n) is 7.27. The van der Waals surface area contributed by atoms with E-state index in [1.54, 1.807) is 6.07 Å². The first-order valence-corrected chi connectivity index (χ1v) is 12.3. The van der Waals surface area contributed by atoms with Crippen molar-refractivity contribution < 1.29 is 4.74 Å². The molecule has 2 aromatic rings. The molecule has 0 aliphatic heterocycles. The molecule has 1 N–H and O–H groups in total. The number of hydrogen-bond donors (Lipinski definition) is 1. The number of benzene rings is 1. The average Bonchev–Trinajstić information content (AvgIpc) is 2.70. The molecule has 0 atom stereocenters. The smallest absolute Gasteiger partial charge is 0.206 e. The van der Waals surface area contributed by atoms with Crippen LogP contribution < -0.4 is 5.32 Å². The van der Waals surface area contributed by atoms with Crippen molar-refractivity contribution in [3.05, 3.63) is 22.2 Å². The fourth-order valence-electron chi connectivity index (χ4n) is 2.15. The number of imidazole rings is 1. The van der Waals surface area contributed by atoms with Gasteiger partial charge >= 0.3 is 0 Å². The van der Waals surface area contributed by atoms with Gasteiger partial charge in [-0.05, 0) is 32.0 Å². The van der Waals surface area contributed by atoms with Gasteiger partial charge in [0.05, 0.1) is 21.1 Å². The van der Waals surface area contributed by atoms with Crippen LogP contribution in [0.25, 0.3) is 11.0 Å². The van der Waals surface area contributed by atoms with E-state index in [1.165, 1.54) is 0 Å². The quantitative estimate of drug-likeness (QED) is 0.516. The van der Waals surface area contributed by atoms with Crippen molar-refractivity contribution in [1.29, 1.82) is 0 Å². The first-order chi connectivity index (χ1) is 10.7. The number of fused-ring (bicyclic) bond motifs is 1. The van der Waals surface area contributed by atoms with Crippen LogP contribution in [0.5, 0.6) is 0 Å². The molecule has 1 heterocycles. The number of nitrogens with zero attached hydrogens (tertiary/aromatic N) is 2. The lowest BCUT2D eigenvalue weighted by Crippen LogP contribution is -2.22. The molecule has 1 aromatic heterocycles. The summed E-state index contributed by atoms with van der Waals surface area (Å²) in [4.78, 5) is 4.62. The minimum atomic E-state index is -1.09. The highest BCUT2D eigenvalue weighted by Gasteiger charge is 2.15. The average molecular weight is 374 g/mol. The lowest BCUT2D eigenvalue weighted by Gasteiger charge is -2.17. The Bertz CT molecular complexity index is 680. The van der Waals surface area contributed by atoms with Gasteiger partial charge in [-0.15, -0.1) is 0 Å². The Balaban J connectivity index is 2.25. The molecule has 0 radical (unpaired) electrons. The summed E-state index contributed by atoms with van der Waals surface area (Å²) in [5.41, 5.74) is 1.74. The van der Waals surface area contributed by atoms with E-state index >= 15 is 0 Å². The van der Waals surface area contributed by atoms with Gasteiger partial charge in [0.25, 0.3) is 0 Å². The van der Waals surface area contributed by atoms with Crippen LogP contribution in [0, 0.1) is 0 Å². The summed E-state index contributed by atoms with van der Waals surface area (Å²) in [5.74, 6) is 0.779. The summed E-state index contributed by atoms with van der Waals surface area (Å²) >= 11 is 12.3. The first kappa shape index (κ1) is 18.6. The third-order valence-electron chi connectivity index (χ3n) is 3.42. The van der Waals surface area contributed by atoms with Crippen LogP contribution in [0.2, 0.25) is 35.7 Å². The van der Waals surface area contributed by atoms with Crippen LogP contribution in [0.15, 0.2) is 12.1 Å². The number of hydrogen-bond acceptors (Lipinski definition) is 3. The number of anilines is 1. The predicted molar refractivity (Wildman–Crippen MR) is 103 cm³/mol. The second kappa shape index (κ2) is 7.43. The number of rotatable bonds is 7. The highest BCUT2D eigenvalue weighted by Crippen LogP contribution is 2.30. The predicted octanol–water partition coefficient (Wildman–Crippen LogP) is 5.48. The van der Waals surface area contributed by atoms with Gasteiger partial charge in [0, 0.05) is 20.7 Å². The standard InChI is InChI=1S/C16H25Cl2N3OSi/c1-11(2)19-16-20-14-8-12(17)13(18)9-15(14)21(16)10-22-6-7-23(3,4)5/h8-9,11H,6-7,10H2,1-5H3,(H,19,20). The number of halogens is 2. The summed E-state index contributed by atoms with van der Waals surface area (Å²) in [7, 11) is -1.09. The van der Waals surface area contributed by atoms with Crippen LogP contribution in [0.1, 0.15) is 13.8 Å². The minimum Gasteiger partial charge on any atom is -0.361 e. The van der Waals surface area contributed by atoms with Crippen LogP contribution in [0.4, 0.5) is 5.95 Å². The van der Waals surface area contributed by atoms with Crippen LogP contribution in [-0.2, 0) is 11.5 Å². The maximum Gasteiger partial charge on any atom is 0.206 e. The van der Waals surface area contributed by atoms with Gasteiger partial charge in [-0.3, -0.25) is 4.57 Å². The Morgan fingerprint density at radius 3 is 2.48 bits per heavy atom. The van der Waals surface area contributed by atoms with E-state index in [0.29, 0.717) is 16.8 Å². The van der Waals surface area contributed by atoms with Gasteiger partial charge in [0.15, 0.2) is 0 Å². The van der Waals surface area contributed by atoms with E-state index in [9.17, 15) is 0 Å². The zero-order valence-corrected chi connectivity index (χ0v) is 16.9. The molecule has 0 unspecified atom stereocenters. The fraction of sp³-hybridized carbons (Fsp3) is 0.562. The molecule has 0 fully saturated rings. The summed E-state index contributed by atoms with van der Waals surface area (Å²) in [6.07, 6.45) is 0. The second-order valence-corrected chi connectivity index (χ2v) is 13.7. The van der Waals surface area contributed by atoms with Crippen molar-refractivity contribution in [2.24, 2.45) is 0 Å². The molecule has 0 amide bonds. The molecule has 0 saturated carbocycles. The van der Waals surface area contributed by atoms with Gasteiger partial charge in [0.2, 0.25) is 5.95 Å². The van der Waals surface area contributed by atoms with Crippen LogP contribution >= 0.6 is 23.2 Å². The lowest BCUT2D eigenvalue weighted by molar-refractivity contribution is 0.0911. The molecular formula is C16H25Cl2N3OSi. The first-order valence-electron chi connectivity index (χ1n) is 7.87. The summed E-state index contributed by atoms with van der Waals surface area (Å²) < 4.78 is 7.91. The molecule has 0 spiro atoms. The molecule has 2 rings (SSSR count). The molecule has 0 bridgehead atoms. The zero-order chi connectivity index (χ0) is 17.2. The van der Waals surface area contributed by atoms with Crippen molar-refractivity contribution in [3.63, 3.8) is 0 Å². The van der Waals surface area contributed by atoms with Gasteiger partial charge in [-0.1, -0.05) is 42.8 Å². The summed E-state index contributed by atoms with van der Waals surface area (Å²) in [6, 6.07) is 5.06. The number of ether oxygens (including phenoxy) is 1. The van der Waals surface area contributed by atoms with E-state index in [4.69, 9.17) is 27.9 Å². The SMILES string of the molecule is CC(C)Nc1nc2cc(Cl)c(Cl)cc2n1COCC[Si](C)(C)C. The van der Waals surface area contributed by atoms with E-state index in [2.05, 4.69) is 43.8 Å². The van der Waals surface area contributed by atoms with Crippen molar-refractivity contribution in [2.45, 2.75) is 52.3 Å². The molecule has 1 aromatic carbocycles. The normalized spacial score (nSPS) is 12.3.